The molecule has 0 atom stereocenters. The normalized spacial score (nSPS) is 11.6. The van der Waals surface area contributed by atoms with Crippen LogP contribution in [0.4, 0.5) is 4.39 Å². The number of benzene rings is 1. The quantitative estimate of drug-likeness (QED) is 0.458. The summed E-state index contributed by atoms with van der Waals surface area (Å²) in [6.45, 7) is 0.107. The number of hydrogen-bond acceptors (Lipinski definition) is 7. The van der Waals surface area contributed by atoms with E-state index in [0.717, 1.165) is 0 Å². The van der Waals surface area contributed by atoms with Crippen molar-refractivity contribution in [1.29, 1.82) is 0 Å². The van der Waals surface area contributed by atoms with E-state index >= 15 is 0 Å². The standard InChI is InChI=1S/C18H15FN6O3S/c19-14-5-3-13(4-6-14)18-23-22-16-7-8-17(24-25(16)18)28-11-10-21-29(26,27)15-2-1-9-20-12-15/h1-9,12,21H,10-11H2. The highest BCUT2D eigenvalue weighted by Gasteiger charge is 2.14. The molecule has 0 saturated carbocycles. The molecular formula is C18H15FN6O3S. The smallest absolute Gasteiger partial charge is 0.242 e. The Balaban J connectivity index is 1.44. The zero-order valence-corrected chi connectivity index (χ0v) is 15.8. The topological polar surface area (TPSA) is 111 Å². The lowest BCUT2D eigenvalue weighted by molar-refractivity contribution is 0.306. The molecule has 1 aromatic carbocycles. The van der Waals surface area contributed by atoms with Crippen molar-refractivity contribution in [1.82, 2.24) is 29.5 Å². The zero-order valence-electron chi connectivity index (χ0n) is 14.9. The number of halogens is 1. The number of pyridine rings is 1. The molecule has 3 aromatic heterocycles. The fraction of sp³-hybridized carbons (Fsp3) is 0.111. The Bertz CT molecular complexity index is 1230. The van der Waals surface area contributed by atoms with Crippen LogP contribution in [-0.4, -0.2) is 46.4 Å². The number of rotatable bonds is 7. The van der Waals surface area contributed by atoms with Gasteiger partial charge in [-0.15, -0.1) is 15.3 Å². The van der Waals surface area contributed by atoms with Crippen molar-refractivity contribution in [3.05, 3.63) is 66.7 Å². The average molecular weight is 414 g/mol. The Labute approximate surface area is 165 Å². The monoisotopic (exact) mass is 414 g/mol. The predicted molar refractivity (Wildman–Crippen MR) is 101 cm³/mol. The summed E-state index contributed by atoms with van der Waals surface area (Å²) in [5.41, 5.74) is 1.14. The van der Waals surface area contributed by atoms with Crippen LogP contribution in [0.3, 0.4) is 0 Å². The van der Waals surface area contributed by atoms with Gasteiger partial charge in [-0.05, 0) is 42.5 Å². The van der Waals surface area contributed by atoms with Gasteiger partial charge >= 0.3 is 0 Å². The number of nitrogens with one attached hydrogen (secondary N) is 1. The van der Waals surface area contributed by atoms with Crippen LogP contribution in [0.1, 0.15) is 0 Å². The summed E-state index contributed by atoms with van der Waals surface area (Å²) in [6.07, 6.45) is 2.76. The maximum atomic E-state index is 13.1. The van der Waals surface area contributed by atoms with Crippen molar-refractivity contribution in [2.45, 2.75) is 4.90 Å². The van der Waals surface area contributed by atoms with E-state index in [4.69, 9.17) is 4.74 Å². The fourth-order valence-electron chi connectivity index (χ4n) is 2.55. The number of aromatic nitrogens is 5. The Kier molecular flexibility index (Phi) is 5.14. The van der Waals surface area contributed by atoms with Gasteiger partial charge in [-0.3, -0.25) is 4.98 Å². The molecule has 0 saturated heterocycles. The second-order valence-corrected chi connectivity index (χ2v) is 7.67. The van der Waals surface area contributed by atoms with Gasteiger partial charge in [0.1, 0.15) is 17.3 Å². The Hall–Kier alpha value is -3.44. The average Bonchev–Trinajstić information content (AvgIpc) is 3.16. The molecule has 9 nitrogen and oxygen atoms in total. The van der Waals surface area contributed by atoms with Crippen molar-refractivity contribution in [2.75, 3.05) is 13.2 Å². The summed E-state index contributed by atoms with van der Waals surface area (Å²) in [4.78, 5) is 3.87. The van der Waals surface area contributed by atoms with Crippen molar-refractivity contribution in [3.8, 4) is 17.3 Å². The van der Waals surface area contributed by atoms with Crippen LogP contribution in [0.25, 0.3) is 17.0 Å². The fourth-order valence-corrected chi connectivity index (χ4v) is 3.53. The molecule has 0 aliphatic heterocycles. The van der Waals surface area contributed by atoms with Gasteiger partial charge in [0.15, 0.2) is 11.5 Å². The SMILES string of the molecule is O=S(=O)(NCCOc1ccc2nnc(-c3ccc(F)cc3)n2n1)c1cccnc1. The van der Waals surface area contributed by atoms with Gasteiger partial charge in [-0.2, -0.15) is 4.52 Å². The molecule has 4 rings (SSSR count). The van der Waals surface area contributed by atoms with Gasteiger partial charge in [-0.25, -0.2) is 17.5 Å². The van der Waals surface area contributed by atoms with E-state index in [1.54, 1.807) is 30.3 Å². The molecule has 0 aliphatic carbocycles. The Morgan fingerprint density at radius 3 is 2.66 bits per heavy atom. The number of fused-ring (bicyclic) bond motifs is 1. The first-order valence-electron chi connectivity index (χ1n) is 8.54. The maximum Gasteiger partial charge on any atom is 0.242 e. The minimum Gasteiger partial charge on any atom is -0.475 e. The summed E-state index contributed by atoms with van der Waals surface area (Å²) in [5.74, 6) is 0.345. The lowest BCUT2D eigenvalue weighted by atomic mass is 10.2. The predicted octanol–water partition coefficient (Wildman–Crippen LogP) is 1.68. The first-order chi connectivity index (χ1) is 14.0. The van der Waals surface area contributed by atoms with Crippen LogP contribution in [-0.2, 0) is 10.0 Å². The van der Waals surface area contributed by atoms with Crippen LogP contribution in [0.15, 0.2) is 65.8 Å². The summed E-state index contributed by atoms with van der Waals surface area (Å²) >= 11 is 0. The third-order valence-electron chi connectivity index (χ3n) is 3.93. The highest BCUT2D eigenvalue weighted by Crippen LogP contribution is 2.19. The molecule has 3 heterocycles. The highest BCUT2D eigenvalue weighted by atomic mass is 32.2. The first kappa shape index (κ1) is 18.9. The van der Waals surface area contributed by atoms with Crippen LogP contribution in [0, 0.1) is 5.82 Å². The molecule has 0 aliphatic rings. The van der Waals surface area contributed by atoms with Crippen molar-refractivity contribution in [2.24, 2.45) is 0 Å². The zero-order chi connectivity index (χ0) is 20.3. The van der Waals surface area contributed by atoms with E-state index in [9.17, 15) is 12.8 Å². The molecule has 11 heteroatoms. The van der Waals surface area contributed by atoms with Crippen LogP contribution in [0.5, 0.6) is 5.88 Å². The molecule has 0 spiro atoms. The van der Waals surface area contributed by atoms with Gasteiger partial charge in [0.05, 0.1) is 0 Å². The summed E-state index contributed by atoms with van der Waals surface area (Å²) in [6, 6.07) is 12.1. The minimum atomic E-state index is -3.66. The van der Waals surface area contributed by atoms with Gasteiger partial charge < -0.3 is 4.74 Å². The molecule has 0 radical (unpaired) electrons. The van der Waals surface area contributed by atoms with E-state index in [1.165, 1.54) is 35.1 Å². The number of nitrogens with zero attached hydrogens (tertiary/aromatic N) is 5. The number of ether oxygens (including phenoxy) is 1. The van der Waals surface area contributed by atoms with Crippen LogP contribution in [0.2, 0.25) is 0 Å². The molecule has 0 fully saturated rings. The van der Waals surface area contributed by atoms with Gasteiger partial charge in [0, 0.05) is 30.6 Å². The van der Waals surface area contributed by atoms with Gasteiger partial charge in [0.2, 0.25) is 15.9 Å². The lowest BCUT2D eigenvalue weighted by Crippen LogP contribution is -2.28. The van der Waals surface area contributed by atoms with Gasteiger partial charge in [0.25, 0.3) is 0 Å². The highest BCUT2D eigenvalue weighted by molar-refractivity contribution is 7.89. The molecule has 1 N–H and O–H groups in total. The van der Waals surface area contributed by atoms with Crippen LogP contribution < -0.4 is 9.46 Å². The first-order valence-corrected chi connectivity index (χ1v) is 10.0. The van der Waals surface area contributed by atoms with E-state index in [2.05, 4.69) is 25.0 Å². The summed E-state index contributed by atoms with van der Waals surface area (Å²) in [5, 5.41) is 12.4. The van der Waals surface area contributed by atoms with Crippen LogP contribution >= 0.6 is 0 Å². The third-order valence-corrected chi connectivity index (χ3v) is 5.38. The molecule has 148 valence electrons. The molecule has 29 heavy (non-hydrogen) atoms. The van der Waals surface area contributed by atoms with E-state index < -0.39 is 10.0 Å². The number of sulfonamides is 1. The summed E-state index contributed by atoms with van der Waals surface area (Å²) in [7, 11) is -3.66. The Morgan fingerprint density at radius 2 is 1.90 bits per heavy atom. The molecule has 4 aromatic rings. The molecule has 0 unspecified atom stereocenters. The largest absolute Gasteiger partial charge is 0.475 e. The summed E-state index contributed by atoms with van der Waals surface area (Å²) < 4.78 is 46.9. The molecule has 0 amide bonds. The maximum absolute atomic E-state index is 13.1. The number of hydrogen-bond donors (Lipinski definition) is 1. The molecular weight excluding hydrogens is 399 g/mol. The van der Waals surface area contributed by atoms with E-state index in [-0.39, 0.29) is 29.7 Å². The van der Waals surface area contributed by atoms with E-state index in [0.29, 0.717) is 17.0 Å². The van der Waals surface area contributed by atoms with Gasteiger partial charge in [-0.1, -0.05) is 0 Å². The van der Waals surface area contributed by atoms with Crippen molar-refractivity contribution < 1.29 is 17.5 Å². The lowest BCUT2D eigenvalue weighted by Gasteiger charge is -2.08. The van der Waals surface area contributed by atoms with E-state index in [1.807, 2.05) is 0 Å². The second-order valence-electron chi connectivity index (χ2n) is 5.91. The molecule has 0 bridgehead atoms. The Morgan fingerprint density at radius 1 is 1.07 bits per heavy atom. The minimum absolute atomic E-state index is 0.0456. The van der Waals surface area contributed by atoms with Crippen molar-refractivity contribution in [3.63, 3.8) is 0 Å². The second kappa shape index (κ2) is 7.89. The third kappa shape index (κ3) is 4.20. The van der Waals surface area contributed by atoms with Crippen molar-refractivity contribution >= 4 is 15.7 Å².